The minimum Gasteiger partial charge on any atom is -0.274 e. The molecule has 69 valence electrons. The van der Waals surface area contributed by atoms with E-state index in [1.54, 1.807) is 35.4 Å². The SMILES string of the molecule is [CH2]/C=C/c1cn(-c2ncccn2)cn1. The van der Waals surface area contributed by atoms with Crippen molar-refractivity contribution in [2.75, 3.05) is 0 Å². The van der Waals surface area contributed by atoms with E-state index in [1.165, 1.54) is 0 Å². The van der Waals surface area contributed by atoms with E-state index >= 15 is 0 Å². The van der Waals surface area contributed by atoms with Crippen LogP contribution in [-0.4, -0.2) is 19.5 Å². The average Bonchev–Trinajstić information content (AvgIpc) is 2.68. The summed E-state index contributed by atoms with van der Waals surface area (Å²) in [6.07, 6.45) is 10.4. The first-order chi connectivity index (χ1) is 6.90. The van der Waals surface area contributed by atoms with Crippen LogP contribution in [0.3, 0.4) is 0 Å². The van der Waals surface area contributed by atoms with Crippen molar-refractivity contribution in [3.05, 3.63) is 49.7 Å². The maximum absolute atomic E-state index is 4.14. The van der Waals surface area contributed by atoms with E-state index in [-0.39, 0.29) is 0 Å². The van der Waals surface area contributed by atoms with Crippen LogP contribution < -0.4 is 0 Å². The van der Waals surface area contributed by atoms with Gasteiger partial charge in [-0.15, -0.1) is 0 Å². The molecule has 0 saturated heterocycles. The van der Waals surface area contributed by atoms with Crippen molar-refractivity contribution in [2.45, 2.75) is 0 Å². The Morgan fingerprint density at radius 3 is 2.71 bits per heavy atom. The van der Waals surface area contributed by atoms with Gasteiger partial charge in [-0.1, -0.05) is 6.08 Å². The molecular formula is C10H9N4. The number of aromatic nitrogens is 4. The smallest absolute Gasteiger partial charge is 0.234 e. The highest BCUT2D eigenvalue weighted by Gasteiger charge is 1.98. The van der Waals surface area contributed by atoms with Crippen molar-refractivity contribution in [3.63, 3.8) is 0 Å². The molecule has 0 unspecified atom stereocenters. The number of nitrogens with zero attached hydrogens (tertiary/aromatic N) is 4. The molecule has 0 aliphatic carbocycles. The highest BCUT2D eigenvalue weighted by atomic mass is 15.2. The third-order valence-corrected chi connectivity index (χ3v) is 1.67. The third kappa shape index (κ3) is 1.69. The quantitative estimate of drug-likeness (QED) is 0.712. The van der Waals surface area contributed by atoms with Gasteiger partial charge in [0.2, 0.25) is 5.95 Å². The summed E-state index contributed by atoms with van der Waals surface area (Å²) >= 11 is 0. The predicted octanol–water partition coefficient (Wildman–Crippen LogP) is 1.51. The van der Waals surface area contributed by atoms with E-state index in [0.717, 1.165) is 5.69 Å². The first-order valence-corrected chi connectivity index (χ1v) is 4.17. The molecule has 0 aromatic carbocycles. The van der Waals surface area contributed by atoms with Crippen LogP contribution in [0.5, 0.6) is 0 Å². The molecule has 14 heavy (non-hydrogen) atoms. The van der Waals surface area contributed by atoms with Gasteiger partial charge in [0, 0.05) is 18.6 Å². The molecule has 0 atom stereocenters. The van der Waals surface area contributed by atoms with Crippen LogP contribution in [0.15, 0.2) is 37.1 Å². The number of hydrogen-bond acceptors (Lipinski definition) is 3. The van der Waals surface area contributed by atoms with Crippen LogP contribution in [0.25, 0.3) is 12.0 Å². The maximum atomic E-state index is 4.14. The Hall–Kier alpha value is -1.97. The van der Waals surface area contributed by atoms with E-state index in [4.69, 9.17) is 0 Å². The van der Waals surface area contributed by atoms with Crippen molar-refractivity contribution < 1.29 is 0 Å². The molecule has 0 aliphatic rings. The van der Waals surface area contributed by atoms with Crippen molar-refractivity contribution in [3.8, 4) is 5.95 Å². The van der Waals surface area contributed by atoms with E-state index < -0.39 is 0 Å². The van der Waals surface area contributed by atoms with Crippen molar-refractivity contribution >= 4 is 6.08 Å². The van der Waals surface area contributed by atoms with Gasteiger partial charge in [0.05, 0.1) is 5.69 Å². The molecule has 0 saturated carbocycles. The molecule has 0 fully saturated rings. The molecule has 4 heteroatoms. The number of allylic oxidation sites excluding steroid dienone is 1. The Labute approximate surface area is 82.0 Å². The standard InChI is InChI=1S/C10H9N4/c1-2-4-9-7-14(8-13-9)10-11-5-3-6-12-10/h2-8H,1H2/b4-2+. The summed E-state index contributed by atoms with van der Waals surface area (Å²) < 4.78 is 1.76. The lowest BCUT2D eigenvalue weighted by atomic mass is 10.4. The highest BCUT2D eigenvalue weighted by molar-refractivity contribution is 5.44. The molecule has 2 aromatic heterocycles. The van der Waals surface area contributed by atoms with Crippen molar-refractivity contribution in [1.29, 1.82) is 0 Å². The predicted molar refractivity (Wildman–Crippen MR) is 53.5 cm³/mol. The Balaban J connectivity index is 2.34. The zero-order valence-corrected chi connectivity index (χ0v) is 7.54. The van der Waals surface area contributed by atoms with Gasteiger partial charge >= 0.3 is 0 Å². The summed E-state index contributed by atoms with van der Waals surface area (Å²) in [6.45, 7) is 3.60. The second-order valence-electron chi connectivity index (χ2n) is 2.66. The molecule has 2 heterocycles. The van der Waals surface area contributed by atoms with Gasteiger partial charge in [0.1, 0.15) is 6.33 Å². The second kappa shape index (κ2) is 3.83. The van der Waals surface area contributed by atoms with E-state index in [0.29, 0.717) is 5.95 Å². The van der Waals surface area contributed by atoms with E-state index in [9.17, 15) is 0 Å². The maximum Gasteiger partial charge on any atom is 0.234 e. The lowest BCUT2D eigenvalue weighted by Crippen LogP contribution is -1.96. The summed E-state index contributed by atoms with van der Waals surface area (Å²) in [5.74, 6) is 0.615. The lowest BCUT2D eigenvalue weighted by molar-refractivity contribution is 0.925. The largest absolute Gasteiger partial charge is 0.274 e. The third-order valence-electron chi connectivity index (χ3n) is 1.67. The lowest BCUT2D eigenvalue weighted by Gasteiger charge is -1.95. The van der Waals surface area contributed by atoms with Crippen LogP contribution in [0.4, 0.5) is 0 Å². The normalized spacial score (nSPS) is 10.9. The van der Waals surface area contributed by atoms with Gasteiger partial charge in [-0.3, -0.25) is 4.57 Å². The Morgan fingerprint density at radius 2 is 2.00 bits per heavy atom. The molecular weight excluding hydrogens is 176 g/mol. The van der Waals surface area contributed by atoms with Gasteiger partial charge in [0.25, 0.3) is 0 Å². The molecule has 0 amide bonds. The molecule has 1 radical (unpaired) electrons. The van der Waals surface area contributed by atoms with Crippen LogP contribution >= 0.6 is 0 Å². The average molecular weight is 185 g/mol. The van der Waals surface area contributed by atoms with Gasteiger partial charge < -0.3 is 0 Å². The number of rotatable bonds is 2. The Morgan fingerprint density at radius 1 is 1.21 bits per heavy atom. The van der Waals surface area contributed by atoms with Crippen LogP contribution in [-0.2, 0) is 0 Å². The fourth-order valence-corrected chi connectivity index (χ4v) is 1.08. The number of imidazole rings is 1. The summed E-state index contributed by atoms with van der Waals surface area (Å²) in [5, 5.41) is 0. The summed E-state index contributed by atoms with van der Waals surface area (Å²) in [5.41, 5.74) is 0.840. The Kier molecular flexibility index (Phi) is 2.36. The van der Waals surface area contributed by atoms with E-state index in [1.807, 2.05) is 12.3 Å². The van der Waals surface area contributed by atoms with Gasteiger partial charge in [0.15, 0.2) is 0 Å². The topological polar surface area (TPSA) is 43.6 Å². The fourth-order valence-electron chi connectivity index (χ4n) is 1.08. The van der Waals surface area contributed by atoms with Gasteiger partial charge in [-0.05, 0) is 19.1 Å². The highest BCUT2D eigenvalue weighted by Crippen LogP contribution is 2.03. The minimum absolute atomic E-state index is 0.615. The first-order valence-electron chi connectivity index (χ1n) is 4.17. The zero-order valence-electron chi connectivity index (χ0n) is 7.54. The number of hydrogen-bond donors (Lipinski definition) is 0. The summed E-state index contributed by atoms with van der Waals surface area (Å²) in [4.78, 5) is 12.3. The summed E-state index contributed by atoms with van der Waals surface area (Å²) in [7, 11) is 0. The van der Waals surface area contributed by atoms with Crippen molar-refractivity contribution in [1.82, 2.24) is 19.5 Å². The monoisotopic (exact) mass is 185 g/mol. The summed E-state index contributed by atoms with van der Waals surface area (Å²) in [6, 6.07) is 1.78. The van der Waals surface area contributed by atoms with Gasteiger partial charge in [-0.2, -0.15) is 0 Å². The molecule has 0 N–H and O–H groups in total. The van der Waals surface area contributed by atoms with Crippen LogP contribution in [0.1, 0.15) is 5.69 Å². The second-order valence-corrected chi connectivity index (χ2v) is 2.66. The van der Waals surface area contributed by atoms with Crippen molar-refractivity contribution in [2.24, 2.45) is 0 Å². The van der Waals surface area contributed by atoms with Crippen LogP contribution in [0.2, 0.25) is 0 Å². The first kappa shape index (κ1) is 8.62. The van der Waals surface area contributed by atoms with Crippen LogP contribution in [0, 0.1) is 6.92 Å². The zero-order chi connectivity index (χ0) is 9.80. The molecule has 0 aliphatic heterocycles. The van der Waals surface area contributed by atoms with Gasteiger partial charge in [-0.25, -0.2) is 15.0 Å². The molecule has 2 rings (SSSR count). The molecule has 0 spiro atoms. The minimum atomic E-state index is 0.615. The Bertz CT molecular complexity index is 430. The molecule has 0 bridgehead atoms. The molecule has 4 nitrogen and oxygen atoms in total. The molecule has 2 aromatic rings. The fraction of sp³-hybridized carbons (Fsp3) is 0. The van der Waals surface area contributed by atoms with E-state index in [2.05, 4.69) is 21.9 Å².